The first kappa shape index (κ1) is 16.2. The van der Waals surface area contributed by atoms with E-state index in [0.29, 0.717) is 0 Å². The molecule has 0 amide bonds. The minimum Gasteiger partial charge on any atom is -0.302 e. The monoisotopic (exact) mass is 277 g/mol. The zero-order valence-corrected chi connectivity index (χ0v) is 12.6. The molecule has 0 aromatic heterocycles. The summed E-state index contributed by atoms with van der Waals surface area (Å²) < 4.78 is 0. The van der Waals surface area contributed by atoms with Crippen LogP contribution in [0.25, 0.3) is 0 Å². The highest BCUT2D eigenvalue weighted by molar-refractivity contribution is 5.87. The fourth-order valence-corrected chi connectivity index (χ4v) is 1.97. The fraction of sp³-hybridized carbons (Fsp3) is 0.467. The fourth-order valence-electron chi connectivity index (χ4n) is 1.97. The molecule has 0 aliphatic heterocycles. The largest absolute Gasteiger partial charge is 0.343 e. The van der Waals surface area contributed by atoms with Gasteiger partial charge in [-0.25, -0.2) is 4.99 Å². The van der Waals surface area contributed by atoms with Gasteiger partial charge in [-0.3, -0.25) is 16.3 Å². The number of hydrogen-bond donors (Lipinski definition) is 4. The molecule has 0 spiro atoms. The summed E-state index contributed by atoms with van der Waals surface area (Å²) in [5, 5.41) is 3.31. The summed E-state index contributed by atoms with van der Waals surface area (Å²) in [5.74, 6) is 0.264. The molecule has 0 unspecified atom stereocenters. The normalized spacial score (nSPS) is 12.5. The zero-order valence-electron chi connectivity index (χ0n) is 12.6. The van der Waals surface area contributed by atoms with E-state index in [1.807, 2.05) is 52.0 Å². The van der Waals surface area contributed by atoms with Crippen LogP contribution in [0.15, 0.2) is 24.3 Å². The third-order valence-corrected chi connectivity index (χ3v) is 2.86. The maximum absolute atomic E-state index is 12.4. The van der Waals surface area contributed by atoms with E-state index in [-0.39, 0.29) is 29.7 Å². The van der Waals surface area contributed by atoms with Gasteiger partial charge in [0.05, 0.1) is 11.7 Å². The van der Waals surface area contributed by atoms with Crippen molar-refractivity contribution >= 4 is 17.4 Å². The summed E-state index contributed by atoms with van der Waals surface area (Å²) in [5.41, 5.74) is 12.6. The van der Waals surface area contributed by atoms with Crippen molar-refractivity contribution in [1.82, 2.24) is 5.32 Å². The second-order valence-electron chi connectivity index (χ2n) is 5.52. The Morgan fingerprint density at radius 1 is 1.20 bits per heavy atom. The van der Waals surface area contributed by atoms with E-state index >= 15 is 0 Å². The quantitative estimate of drug-likeness (QED) is 0.432. The van der Waals surface area contributed by atoms with Gasteiger partial charge in [0, 0.05) is 12.0 Å². The second kappa shape index (κ2) is 7.05. The Hall–Kier alpha value is -1.88. The maximum Gasteiger partial charge on any atom is 0.343 e. The van der Waals surface area contributed by atoms with Crippen molar-refractivity contribution in [3.63, 3.8) is 0 Å². The van der Waals surface area contributed by atoms with Gasteiger partial charge in [-0.2, -0.15) is 0 Å². The Kier molecular flexibility index (Phi) is 5.70. The van der Waals surface area contributed by atoms with Crippen LogP contribution in [-0.4, -0.2) is 17.8 Å². The number of nitrogens with one attached hydrogen (secondary N) is 2. The molecule has 1 aromatic rings. The van der Waals surface area contributed by atoms with Crippen LogP contribution >= 0.6 is 0 Å². The molecule has 0 aliphatic rings. The van der Waals surface area contributed by atoms with E-state index in [2.05, 4.69) is 10.3 Å². The molecule has 6 N–H and O–H groups in total. The average molecular weight is 277 g/mol. The molecular formula is C15H25N4O+. The number of rotatable bonds is 6. The summed E-state index contributed by atoms with van der Waals surface area (Å²) in [6.45, 7) is 7.86. The molecule has 0 aliphatic carbocycles. The van der Waals surface area contributed by atoms with E-state index in [4.69, 9.17) is 11.5 Å². The Morgan fingerprint density at radius 2 is 1.85 bits per heavy atom. The summed E-state index contributed by atoms with van der Waals surface area (Å²) in [4.78, 5) is 15.2. The molecule has 1 atom stereocenters. The highest BCUT2D eigenvalue weighted by Gasteiger charge is 2.23. The van der Waals surface area contributed by atoms with Crippen molar-refractivity contribution in [2.75, 3.05) is 0 Å². The number of nitrogens with two attached hydrogens (primary N) is 2. The molecule has 5 nitrogen and oxygen atoms in total. The van der Waals surface area contributed by atoms with Crippen LogP contribution in [0.1, 0.15) is 39.3 Å². The van der Waals surface area contributed by atoms with E-state index < -0.39 is 0 Å². The summed E-state index contributed by atoms with van der Waals surface area (Å²) >= 11 is 0. The molecule has 0 fully saturated rings. The molecule has 5 heteroatoms. The molecule has 20 heavy (non-hydrogen) atoms. The number of benzene rings is 1. The minimum atomic E-state index is -0.323. The van der Waals surface area contributed by atoms with E-state index in [1.165, 1.54) is 0 Å². The Morgan fingerprint density at radius 3 is 2.35 bits per heavy atom. The van der Waals surface area contributed by atoms with Crippen molar-refractivity contribution in [2.45, 2.75) is 39.8 Å². The van der Waals surface area contributed by atoms with Crippen molar-refractivity contribution in [2.24, 2.45) is 17.4 Å². The minimum absolute atomic E-state index is 0.0333. The van der Waals surface area contributed by atoms with Crippen LogP contribution in [0.3, 0.4) is 0 Å². The van der Waals surface area contributed by atoms with Gasteiger partial charge < -0.3 is 5.32 Å². The SMILES string of the molecule is CC(C)N[C@H](C(=O)C(C)C)c1cccc([NH+]=C(N)N)c1. The summed E-state index contributed by atoms with van der Waals surface area (Å²) in [6.07, 6.45) is 0. The van der Waals surface area contributed by atoms with Gasteiger partial charge in [0.2, 0.25) is 0 Å². The van der Waals surface area contributed by atoms with E-state index in [1.54, 1.807) is 0 Å². The van der Waals surface area contributed by atoms with Crippen LogP contribution < -0.4 is 21.8 Å². The number of carbonyl (C=O) groups excluding carboxylic acids is 1. The number of ketones is 1. The summed E-state index contributed by atoms with van der Waals surface area (Å²) in [7, 11) is 0. The third-order valence-electron chi connectivity index (χ3n) is 2.86. The lowest BCUT2D eigenvalue weighted by atomic mass is 9.94. The Labute approximate surface area is 120 Å². The highest BCUT2D eigenvalue weighted by atomic mass is 16.1. The number of carbonyl (C=O) groups is 1. The van der Waals surface area contributed by atoms with Gasteiger partial charge >= 0.3 is 5.96 Å². The molecule has 0 bridgehead atoms. The van der Waals surface area contributed by atoms with Gasteiger partial charge in [-0.05, 0) is 31.5 Å². The molecular weight excluding hydrogens is 252 g/mol. The maximum atomic E-state index is 12.4. The van der Waals surface area contributed by atoms with Gasteiger partial charge in [-0.15, -0.1) is 0 Å². The van der Waals surface area contributed by atoms with Crippen molar-refractivity contribution < 1.29 is 9.79 Å². The molecule has 0 saturated carbocycles. The predicted octanol–water partition coefficient (Wildman–Crippen LogP) is -0.0637. The lowest BCUT2D eigenvalue weighted by Gasteiger charge is -2.22. The molecule has 1 aromatic carbocycles. The molecule has 0 radical (unpaired) electrons. The average Bonchev–Trinajstić information content (AvgIpc) is 2.34. The Bertz CT molecular complexity index is 490. The topological polar surface area (TPSA) is 95.1 Å². The standard InChI is InChI=1S/C15H24N4O/c1-9(2)14(20)13(18-10(3)4)11-6-5-7-12(8-11)19-15(16)17/h5-10,13,18H,1-4H3,(H4,16,17,19)/p+1/t13-/m0/s1. The van der Waals surface area contributed by atoms with Crippen molar-refractivity contribution in [3.05, 3.63) is 29.8 Å². The zero-order chi connectivity index (χ0) is 15.3. The van der Waals surface area contributed by atoms with Gasteiger partial charge in [0.25, 0.3) is 0 Å². The van der Waals surface area contributed by atoms with Crippen LogP contribution in [0.4, 0.5) is 5.69 Å². The first-order chi connectivity index (χ1) is 9.31. The van der Waals surface area contributed by atoms with Crippen molar-refractivity contribution in [3.8, 4) is 0 Å². The van der Waals surface area contributed by atoms with Gasteiger partial charge in [0.15, 0.2) is 5.78 Å². The van der Waals surface area contributed by atoms with E-state index in [9.17, 15) is 4.79 Å². The summed E-state index contributed by atoms with van der Waals surface area (Å²) in [6, 6.07) is 7.44. The van der Waals surface area contributed by atoms with Crippen LogP contribution in [0.2, 0.25) is 0 Å². The van der Waals surface area contributed by atoms with Crippen LogP contribution in [0, 0.1) is 5.92 Å². The Balaban J connectivity index is 3.13. The smallest absolute Gasteiger partial charge is 0.302 e. The number of hydrogen-bond acceptors (Lipinski definition) is 2. The second-order valence-corrected chi connectivity index (χ2v) is 5.52. The lowest BCUT2D eigenvalue weighted by Crippen LogP contribution is -2.72. The number of Topliss-reactive ketones (excluding diaryl/α,β-unsaturated/α-hetero) is 1. The molecule has 0 heterocycles. The molecule has 0 saturated heterocycles. The lowest BCUT2D eigenvalue weighted by molar-refractivity contribution is -0.356. The van der Waals surface area contributed by atoms with Gasteiger partial charge in [0.1, 0.15) is 0 Å². The first-order valence-corrected chi connectivity index (χ1v) is 6.86. The van der Waals surface area contributed by atoms with E-state index in [0.717, 1.165) is 11.3 Å². The molecule has 110 valence electrons. The number of guanidine groups is 1. The van der Waals surface area contributed by atoms with Crippen LogP contribution in [0.5, 0.6) is 0 Å². The predicted molar refractivity (Wildman–Crippen MR) is 81.3 cm³/mol. The molecule has 1 rings (SSSR count). The van der Waals surface area contributed by atoms with Crippen molar-refractivity contribution in [1.29, 1.82) is 0 Å². The van der Waals surface area contributed by atoms with Crippen LogP contribution in [-0.2, 0) is 4.79 Å². The van der Waals surface area contributed by atoms with Gasteiger partial charge in [-0.1, -0.05) is 26.0 Å². The highest BCUT2D eigenvalue weighted by Crippen LogP contribution is 2.20. The first-order valence-electron chi connectivity index (χ1n) is 6.86. The third kappa shape index (κ3) is 4.66.